The van der Waals surface area contributed by atoms with Crippen LogP contribution in [0.4, 0.5) is 4.39 Å². The number of nitrogens with zero attached hydrogens (tertiary/aromatic N) is 3. The summed E-state index contributed by atoms with van der Waals surface area (Å²) in [5.41, 5.74) is 1.93. The van der Waals surface area contributed by atoms with Crippen molar-refractivity contribution in [3.8, 4) is 28.7 Å². The van der Waals surface area contributed by atoms with Crippen LogP contribution in [0.3, 0.4) is 0 Å². The summed E-state index contributed by atoms with van der Waals surface area (Å²) in [6, 6.07) is 8.23. The lowest BCUT2D eigenvalue weighted by Gasteiger charge is -2.03. The van der Waals surface area contributed by atoms with Crippen LogP contribution in [0.2, 0.25) is 0 Å². The normalized spacial score (nSPS) is 10.6. The zero-order valence-electron chi connectivity index (χ0n) is 11.6. The molecule has 0 fully saturated rings. The molecule has 21 heavy (non-hydrogen) atoms. The molecular formula is C15H13FN4O. The van der Waals surface area contributed by atoms with Crippen LogP contribution < -0.4 is 4.74 Å². The number of aromatic nitrogens is 4. The van der Waals surface area contributed by atoms with Crippen LogP contribution in [-0.2, 0) is 0 Å². The predicted molar refractivity (Wildman–Crippen MR) is 76.3 cm³/mol. The maximum atomic E-state index is 13.9. The Bertz CT molecular complexity index is 785. The van der Waals surface area contributed by atoms with Crippen LogP contribution in [0.15, 0.2) is 36.5 Å². The van der Waals surface area contributed by atoms with E-state index in [1.807, 2.05) is 19.1 Å². The Labute approximate surface area is 120 Å². The zero-order valence-corrected chi connectivity index (χ0v) is 11.6. The molecule has 0 unspecified atom stereocenters. The second-order valence-corrected chi connectivity index (χ2v) is 4.52. The summed E-state index contributed by atoms with van der Waals surface area (Å²) in [5, 5.41) is 6.86. The number of aromatic amines is 1. The van der Waals surface area contributed by atoms with Gasteiger partial charge in [-0.3, -0.25) is 10.1 Å². The molecule has 0 bridgehead atoms. The first-order valence-electron chi connectivity index (χ1n) is 6.37. The highest BCUT2D eigenvalue weighted by atomic mass is 19.1. The van der Waals surface area contributed by atoms with Crippen LogP contribution in [0, 0.1) is 12.7 Å². The molecule has 0 amide bonds. The maximum absolute atomic E-state index is 13.9. The van der Waals surface area contributed by atoms with E-state index in [1.165, 1.54) is 13.2 Å². The van der Waals surface area contributed by atoms with Gasteiger partial charge in [-0.05, 0) is 36.8 Å². The van der Waals surface area contributed by atoms with Gasteiger partial charge in [0.15, 0.2) is 11.6 Å². The van der Waals surface area contributed by atoms with Crippen molar-refractivity contribution >= 4 is 0 Å². The number of methoxy groups -OCH3 is 1. The molecule has 0 saturated carbocycles. The molecule has 0 aliphatic heterocycles. The van der Waals surface area contributed by atoms with Gasteiger partial charge in [-0.15, -0.1) is 0 Å². The molecule has 1 N–H and O–H groups in total. The Kier molecular flexibility index (Phi) is 3.35. The van der Waals surface area contributed by atoms with Crippen molar-refractivity contribution < 1.29 is 9.13 Å². The van der Waals surface area contributed by atoms with Gasteiger partial charge < -0.3 is 4.74 Å². The van der Waals surface area contributed by atoms with Crippen molar-refractivity contribution in [2.24, 2.45) is 0 Å². The van der Waals surface area contributed by atoms with Crippen molar-refractivity contribution in [1.29, 1.82) is 0 Å². The lowest BCUT2D eigenvalue weighted by atomic mass is 10.2. The highest BCUT2D eigenvalue weighted by Crippen LogP contribution is 2.26. The molecule has 3 aromatic rings. The van der Waals surface area contributed by atoms with Gasteiger partial charge in [-0.2, -0.15) is 5.10 Å². The Hall–Kier alpha value is -2.76. The Balaban J connectivity index is 2.05. The van der Waals surface area contributed by atoms with Crippen molar-refractivity contribution in [2.45, 2.75) is 6.92 Å². The molecule has 0 spiro atoms. The number of halogens is 1. The van der Waals surface area contributed by atoms with Gasteiger partial charge in [0.05, 0.1) is 12.7 Å². The van der Waals surface area contributed by atoms with Crippen LogP contribution in [0.25, 0.3) is 22.9 Å². The lowest BCUT2D eigenvalue weighted by Crippen LogP contribution is -1.91. The van der Waals surface area contributed by atoms with E-state index in [0.29, 0.717) is 28.7 Å². The predicted octanol–water partition coefficient (Wildman–Crippen LogP) is 2.99. The van der Waals surface area contributed by atoms with Crippen molar-refractivity contribution in [2.75, 3.05) is 7.11 Å². The Morgan fingerprint density at radius 2 is 2.10 bits per heavy atom. The molecule has 3 rings (SSSR count). The third-order valence-corrected chi connectivity index (χ3v) is 3.14. The fourth-order valence-corrected chi connectivity index (χ4v) is 2.02. The fourth-order valence-electron chi connectivity index (χ4n) is 2.02. The minimum atomic E-state index is -0.392. The number of aryl methyl sites for hydroxylation is 1. The van der Waals surface area contributed by atoms with Gasteiger partial charge in [0.2, 0.25) is 0 Å². The molecule has 5 nitrogen and oxygen atoms in total. The van der Waals surface area contributed by atoms with Gasteiger partial charge in [-0.25, -0.2) is 9.37 Å². The monoisotopic (exact) mass is 284 g/mol. The Morgan fingerprint density at radius 1 is 1.24 bits per heavy atom. The van der Waals surface area contributed by atoms with E-state index in [2.05, 4.69) is 20.2 Å². The molecule has 1 aromatic carbocycles. The quantitative estimate of drug-likeness (QED) is 0.803. The van der Waals surface area contributed by atoms with E-state index in [-0.39, 0.29) is 0 Å². The standard InChI is InChI=1S/C15H13FN4O/c1-9-4-3-7-17-13(9)15-18-14(19-20-15)11-8-10(21-2)5-6-12(11)16/h3-8H,1-2H3,(H,18,19,20). The van der Waals surface area contributed by atoms with Crippen molar-refractivity contribution in [1.82, 2.24) is 20.2 Å². The van der Waals surface area contributed by atoms with Crippen molar-refractivity contribution in [3.63, 3.8) is 0 Å². The fraction of sp³-hybridized carbons (Fsp3) is 0.133. The van der Waals surface area contributed by atoms with E-state index in [0.717, 1.165) is 5.56 Å². The average Bonchev–Trinajstić information content (AvgIpc) is 2.97. The second kappa shape index (κ2) is 5.32. The summed E-state index contributed by atoms with van der Waals surface area (Å²) in [7, 11) is 1.53. The van der Waals surface area contributed by atoms with Crippen LogP contribution >= 0.6 is 0 Å². The van der Waals surface area contributed by atoms with E-state index in [9.17, 15) is 4.39 Å². The summed E-state index contributed by atoms with van der Waals surface area (Å²) in [6.45, 7) is 1.92. The summed E-state index contributed by atoms with van der Waals surface area (Å²) < 4.78 is 19.0. The number of rotatable bonds is 3. The van der Waals surface area contributed by atoms with Gasteiger partial charge >= 0.3 is 0 Å². The first kappa shape index (κ1) is 13.2. The zero-order chi connectivity index (χ0) is 14.8. The Morgan fingerprint density at radius 3 is 2.86 bits per heavy atom. The molecule has 0 aliphatic rings. The first-order valence-corrected chi connectivity index (χ1v) is 6.37. The minimum absolute atomic E-state index is 0.307. The molecule has 0 atom stereocenters. The van der Waals surface area contributed by atoms with Gasteiger partial charge in [0, 0.05) is 6.20 Å². The largest absolute Gasteiger partial charge is 0.497 e. The first-order chi connectivity index (χ1) is 10.2. The number of H-pyrrole nitrogens is 1. The minimum Gasteiger partial charge on any atom is -0.497 e. The molecule has 0 radical (unpaired) electrons. The topological polar surface area (TPSA) is 63.7 Å². The summed E-state index contributed by atoms with van der Waals surface area (Å²) in [5.74, 6) is 0.936. The number of ether oxygens (including phenoxy) is 1. The third kappa shape index (κ3) is 2.47. The second-order valence-electron chi connectivity index (χ2n) is 4.52. The summed E-state index contributed by atoms with van der Waals surface area (Å²) in [6.07, 6.45) is 1.67. The van der Waals surface area contributed by atoms with Gasteiger partial charge in [0.1, 0.15) is 17.3 Å². The van der Waals surface area contributed by atoms with Crippen LogP contribution in [0.1, 0.15) is 5.56 Å². The molecule has 0 aliphatic carbocycles. The third-order valence-electron chi connectivity index (χ3n) is 3.14. The highest BCUT2D eigenvalue weighted by Gasteiger charge is 2.14. The summed E-state index contributed by atoms with van der Waals surface area (Å²) >= 11 is 0. The smallest absolute Gasteiger partial charge is 0.200 e. The van der Waals surface area contributed by atoms with Crippen LogP contribution in [-0.4, -0.2) is 27.3 Å². The molecule has 0 saturated heterocycles. The number of nitrogens with one attached hydrogen (secondary N) is 1. The van der Waals surface area contributed by atoms with Crippen molar-refractivity contribution in [3.05, 3.63) is 47.9 Å². The highest BCUT2D eigenvalue weighted by molar-refractivity contribution is 5.62. The molecular weight excluding hydrogens is 271 g/mol. The van der Waals surface area contributed by atoms with Crippen LogP contribution in [0.5, 0.6) is 5.75 Å². The molecule has 106 valence electrons. The number of pyridine rings is 1. The number of benzene rings is 1. The van der Waals surface area contributed by atoms with E-state index < -0.39 is 5.82 Å². The van der Waals surface area contributed by atoms with Gasteiger partial charge in [-0.1, -0.05) is 6.07 Å². The summed E-state index contributed by atoms with van der Waals surface area (Å²) in [4.78, 5) is 8.57. The van der Waals surface area contributed by atoms with E-state index in [4.69, 9.17) is 4.74 Å². The number of hydrogen-bond acceptors (Lipinski definition) is 4. The van der Waals surface area contributed by atoms with E-state index >= 15 is 0 Å². The molecule has 2 aromatic heterocycles. The van der Waals surface area contributed by atoms with Gasteiger partial charge in [0.25, 0.3) is 0 Å². The average molecular weight is 284 g/mol. The maximum Gasteiger partial charge on any atom is 0.200 e. The van der Waals surface area contributed by atoms with E-state index in [1.54, 1.807) is 18.3 Å². The lowest BCUT2D eigenvalue weighted by molar-refractivity contribution is 0.414. The molecule has 6 heteroatoms. The SMILES string of the molecule is COc1ccc(F)c(-c2nc(-c3ncccc3C)n[nH]2)c1. The number of hydrogen-bond donors (Lipinski definition) is 1. The molecule has 2 heterocycles.